The first-order chi connectivity index (χ1) is 14.7. The number of halogens is 3. The van der Waals surface area contributed by atoms with Crippen LogP contribution in [0.4, 0.5) is 0 Å². The van der Waals surface area contributed by atoms with E-state index in [0.717, 1.165) is 6.26 Å². The maximum Gasteiger partial charge on any atom is 0.230 e. The van der Waals surface area contributed by atoms with Crippen LogP contribution in [-0.4, -0.2) is 19.7 Å². The van der Waals surface area contributed by atoms with E-state index in [1.54, 1.807) is 42.5 Å². The van der Waals surface area contributed by atoms with Crippen LogP contribution in [0.3, 0.4) is 0 Å². The highest BCUT2D eigenvalue weighted by atomic mass is 35.5. The Bertz CT molecular complexity index is 1290. The fourth-order valence-electron chi connectivity index (χ4n) is 3.40. The minimum atomic E-state index is -3.61. The summed E-state index contributed by atoms with van der Waals surface area (Å²) >= 11 is 19.2. The van der Waals surface area contributed by atoms with Gasteiger partial charge in [0.2, 0.25) is 10.0 Å². The van der Waals surface area contributed by atoms with Gasteiger partial charge in [-0.05, 0) is 42.1 Å². The zero-order valence-corrected chi connectivity index (χ0v) is 19.1. The highest BCUT2D eigenvalue weighted by Gasteiger charge is 2.28. The van der Waals surface area contributed by atoms with Crippen molar-refractivity contribution in [2.24, 2.45) is 0 Å². The highest BCUT2D eigenvalue weighted by Crippen LogP contribution is 2.42. The lowest BCUT2D eigenvalue weighted by Gasteiger charge is -2.38. The first-order valence-corrected chi connectivity index (χ1v) is 12.0. The van der Waals surface area contributed by atoms with Gasteiger partial charge in [-0.25, -0.2) is 8.42 Å². The Morgan fingerprint density at radius 2 is 1.61 bits per heavy atom. The largest absolute Gasteiger partial charge is 0.754 e. The molecule has 2 aliphatic rings. The molecule has 0 amide bonds. The second-order valence-corrected chi connectivity index (χ2v) is 9.80. The zero-order valence-electron chi connectivity index (χ0n) is 16.0. The van der Waals surface area contributed by atoms with E-state index < -0.39 is 10.0 Å². The molecule has 0 unspecified atom stereocenters. The van der Waals surface area contributed by atoms with Crippen molar-refractivity contribution in [3.8, 4) is 0 Å². The summed E-state index contributed by atoms with van der Waals surface area (Å²) in [6, 6.07) is 12.1. The van der Waals surface area contributed by atoms with Crippen molar-refractivity contribution in [3.63, 3.8) is 0 Å². The summed E-state index contributed by atoms with van der Waals surface area (Å²) in [6.45, 7) is 0. The molecular formula is C21H15Cl3N3O3S-. The van der Waals surface area contributed by atoms with Crippen LogP contribution in [0, 0.1) is 5.21 Å². The standard InChI is InChI=1S/C21H15Cl3N3O3S/c1-31(29,30)26-18-11-14(12-5-2-3-6-15(12)22)13-9-10-27(28)21(20(13)25-18)19-16(23)7-4-8-17(19)24/h2-11,25-26H,1H3/q-1. The molecule has 31 heavy (non-hydrogen) atoms. The Balaban J connectivity index is 2.04. The summed E-state index contributed by atoms with van der Waals surface area (Å²) in [7, 11) is -3.61. The van der Waals surface area contributed by atoms with Crippen molar-refractivity contribution in [1.82, 2.24) is 15.1 Å². The summed E-state index contributed by atoms with van der Waals surface area (Å²) in [6.07, 6.45) is 5.62. The highest BCUT2D eigenvalue weighted by molar-refractivity contribution is 7.88. The molecule has 2 aliphatic heterocycles. The Morgan fingerprint density at radius 1 is 0.968 bits per heavy atom. The third kappa shape index (κ3) is 4.33. The van der Waals surface area contributed by atoms with Crippen molar-refractivity contribution < 1.29 is 8.42 Å². The van der Waals surface area contributed by atoms with Gasteiger partial charge in [-0.1, -0.05) is 59.1 Å². The van der Waals surface area contributed by atoms with E-state index in [-0.39, 0.29) is 21.6 Å². The number of hydrogen-bond acceptors (Lipinski definition) is 5. The van der Waals surface area contributed by atoms with Crippen molar-refractivity contribution in [2.75, 3.05) is 6.26 Å². The molecule has 0 bridgehead atoms. The zero-order chi connectivity index (χ0) is 22.3. The number of hydrogen-bond donors (Lipinski definition) is 2. The van der Waals surface area contributed by atoms with Gasteiger partial charge < -0.3 is 15.6 Å². The molecular weight excluding hydrogens is 481 g/mol. The Kier molecular flexibility index (Phi) is 5.81. The van der Waals surface area contributed by atoms with E-state index >= 15 is 0 Å². The molecule has 0 aromatic heterocycles. The second-order valence-electron chi connectivity index (χ2n) is 6.83. The van der Waals surface area contributed by atoms with Crippen molar-refractivity contribution in [1.29, 1.82) is 0 Å². The minimum absolute atomic E-state index is 0.151. The third-order valence-corrected chi connectivity index (χ3v) is 6.15. The molecule has 2 N–H and O–H groups in total. The summed E-state index contributed by atoms with van der Waals surface area (Å²) in [5.74, 6) is 0.153. The number of benzene rings is 2. The number of nitrogens with zero attached hydrogens (tertiary/aromatic N) is 1. The molecule has 0 atom stereocenters. The quantitative estimate of drug-likeness (QED) is 0.617. The van der Waals surface area contributed by atoms with Gasteiger partial charge in [0.15, 0.2) is 0 Å². The maximum absolute atomic E-state index is 12.9. The molecule has 4 rings (SSSR count). The first kappa shape index (κ1) is 21.8. The normalized spacial score (nSPS) is 16.2. The number of dihydropyridines is 1. The number of fused-ring (bicyclic) bond motifs is 1. The number of hydroxylamine groups is 2. The van der Waals surface area contributed by atoms with Gasteiger partial charge in [0.05, 0.1) is 27.7 Å². The molecule has 2 aromatic carbocycles. The van der Waals surface area contributed by atoms with Crippen LogP contribution in [0.15, 0.2) is 77.9 Å². The Labute approximate surface area is 194 Å². The number of nitrogens with one attached hydrogen (secondary N) is 2. The minimum Gasteiger partial charge on any atom is -0.754 e. The van der Waals surface area contributed by atoms with Crippen LogP contribution in [0.2, 0.25) is 15.1 Å². The van der Waals surface area contributed by atoms with Crippen LogP contribution >= 0.6 is 34.8 Å². The van der Waals surface area contributed by atoms with Gasteiger partial charge >= 0.3 is 0 Å². The van der Waals surface area contributed by atoms with Gasteiger partial charge in [0, 0.05) is 21.7 Å². The summed E-state index contributed by atoms with van der Waals surface area (Å²) in [5, 5.41) is 17.5. The average molecular weight is 496 g/mol. The third-order valence-electron chi connectivity index (χ3n) is 4.60. The maximum atomic E-state index is 12.9. The van der Waals surface area contributed by atoms with Crippen LogP contribution in [0.25, 0.3) is 11.3 Å². The van der Waals surface area contributed by atoms with Gasteiger partial charge in [-0.15, -0.1) is 0 Å². The van der Waals surface area contributed by atoms with E-state index in [2.05, 4.69) is 10.0 Å². The summed E-state index contributed by atoms with van der Waals surface area (Å²) < 4.78 is 26.3. The molecule has 2 aromatic rings. The monoisotopic (exact) mass is 494 g/mol. The predicted molar refractivity (Wildman–Crippen MR) is 125 cm³/mol. The second kappa shape index (κ2) is 8.26. The Hall–Kier alpha value is -2.42. The van der Waals surface area contributed by atoms with Gasteiger partial charge in [-0.2, -0.15) is 0 Å². The lowest BCUT2D eigenvalue weighted by Crippen LogP contribution is -2.35. The van der Waals surface area contributed by atoms with Gasteiger partial charge in [0.25, 0.3) is 0 Å². The number of rotatable bonds is 4. The van der Waals surface area contributed by atoms with Crippen LogP contribution < -0.4 is 10.0 Å². The van der Waals surface area contributed by atoms with E-state index in [1.165, 1.54) is 6.20 Å². The lowest BCUT2D eigenvalue weighted by molar-refractivity contribution is 0.592. The van der Waals surface area contributed by atoms with E-state index in [0.29, 0.717) is 38.1 Å². The molecule has 10 heteroatoms. The molecule has 0 fully saturated rings. The molecule has 0 saturated heterocycles. The molecule has 0 radical (unpaired) electrons. The Morgan fingerprint density at radius 3 is 2.26 bits per heavy atom. The molecule has 0 spiro atoms. The van der Waals surface area contributed by atoms with Crippen molar-refractivity contribution >= 4 is 56.1 Å². The summed E-state index contributed by atoms with van der Waals surface area (Å²) in [4.78, 5) is 0. The fraction of sp³-hybridized carbons (Fsp3) is 0.0476. The summed E-state index contributed by atoms with van der Waals surface area (Å²) in [5.41, 5.74) is 2.74. The SMILES string of the molecule is CS(=O)(=O)NC1=CC(c2ccccc2Cl)=C2C=CN([O-])C(c3c(Cl)cccc3Cl)=C2N1. The number of sulfonamides is 1. The first-order valence-electron chi connectivity index (χ1n) is 8.95. The fourth-order valence-corrected chi connectivity index (χ4v) is 4.72. The molecule has 0 saturated carbocycles. The van der Waals surface area contributed by atoms with E-state index in [4.69, 9.17) is 34.8 Å². The topological polar surface area (TPSA) is 84.5 Å². The van der Waals surface area contributed by atoms with E-state index in [1.807, 2.05) is 12.1 Å². The molecule has 6 nitrogen and oxygen atoms in total. The number of allylic oxidation sites excluding steroid dienone is 3. The smallest absolute Gasteiger partial charge is 0.230 e. The lowest BCUT2D eigenvalue weighted by atomic mass is 9.91. The van der Waals surface area contributed by atoms with Crippen LogP contribution in [0.5, 0.6) is 0 Å². The van der Waals surface area contributed by atoms with Crippen LogP contribution in [0.1, 0.15) is 11.1 Å². The van der Waals surface area contributed by atoms with Gasteiger partial charge in [0.1, 0.15) is 5.82 Å². The van der Waals surface area contributed by atoms with Gasteiger partial charge in [-0.3, -0.25) is 4.72 Å². The van der Waals surface area contributed by atoms with Crippen molar-refractivity contribution in [3.05, 3.63) is 109 Å². The van der Waals surface area contributed by atoms with Crippen LogP contribution in [-0.2, 0) is 10.0 Å². The molecule has 2 heterocycles. The molecule has 160 valence electrons. The predicted octanol–water partition coefficient (Wildman–Crippen LogP) is 5.09. The van der Waals surface area contributed by atoms with E-state index in [9.17, 15) is 13.6 Å². The van der Waals surface area contributed by atoms with Crippen molar-refractivity contribution in [2.45, 2.75) is 0 Å². The average Bonchev–Trinajstić information content (AvgIpc) is 2.68. The molecule has 0 aliphatic carbocycles.